The zero-order chi connectivity index (χ0) is 16.2. The molecule has 116 valence electrons. The number of halogens is 2. The molecule has 0 unspecified atom stereocenters. The molecule has 0 atom stereocenters. The molecule has 0 aliphatic rings. The highest BCUT2D eigenvalue weighted by atomic mass is 19.1. The lowest BCUT2D eigenvalue weighted by Gasteiger charge is -2.07. The number of hydrogen-bond acceptors (Lipinski definition) is 3. The molecule has 0 radical (unpaired) electrons. The van der Waals surface area contributed by atoms with Gasteiger partial charge in [0.1, 0.15) is 23.8 Å². The quantitative estimate of drug-likeness (QED) is 0.692. The van der Waals surface area contributed by atoms with Gasteiger partial charge in [0.2, 0.25) is 0 Å². The molecule has 1 aromatic heterocycles. The number of hydrogen-bond donors (Lipinski definition) is 0. The highest BCUT2D eigenvalue weighted by molar-refractivity contribution is 5.90. The maximum Gasteiger partial charge on any atom is 0.344 e. The van der Waals surface area contributed by atoms with Crippen molar-refractivity contribution in [2.24, 2.45) is 0 Å². The van der Waals surface area contributed by atoms with E-state index < -0.39 is 23.2 Å². The monoisotopic (exact) mass is 314 g/mol. The Morgan fingerprint density at radius 2 is 1.74 bits per heavy atom. The summed E-state index contributed by atoms with van der Waals surface area (Å²) in [5.41, 5.74) is 0.872. The van der Waals surface area contributed by atoms with Crippen molar-refractivity contribution < 1.29 is 18.3 Å². The van der Waals surface area contributed by atoms with Crippen molar-refractivity contribution in [3.05, 3.63) is 83.7 Å². The average molecular weight is 314 g/mol. The summed E-state index contributed by atoms with van der Waals surface area (Å²) in [5.74, 6) is -2.91. The first-order valence-electron chi connectivity index (χ1n) is 6.85. The average Bonchev–Trinajstić information content (AvgIpc) is 3.08. The number of carbonyl (C=O) groups is 1. The smallest absolute Gasteiger partial charge is 0.344 e. The minimum atomic E-state index is -1.03. The van der Waals surface area contributed by atoms with Crippen molar-refractivity contribution >= 4 is 5.97 Å². The van der Waals surface area contributed by atoms with Crippen molar-refractivity contribution in [2.45, 2.75) is 6.61 Å². The molecule has 4 nitrogen and oxygen atoms in total. The highest BCUT2D eigenvalue weighted by Crippen LogP contribution is 2.15. The molecule has 0 N–H and O–H groups in total. The fourth-order valence-electron chi connectivity index (χ4n) is 2.08. The normalized spacial score (nSPS) is 10.5. The van der Waals surface area contributed by atoms with Gasteiger partial charge < -0.3 is 4.74 Å². The lowest BCUT2D eigenvalue weighted by molar-refractivity contribution is 0.0461. The topological polar surface area (TPSA) is 44.1 Å². The summed E-state index contributed by atoms with van der Waals surface area (Å²) < 4.78 is 33.6. The third-order valence-corrected chi connectivity index (χ3v) is 3.24. The van der Waals surface area contributed by atoms with Gasteiger partial charge in [-0.25, -0.2) is 18.3 Å². The predicted octanol–water partition coefficient (Wildman–Crippen LogP) is 3.51. The first-order valence-corrected chi connectivity index (χ1v) is 6.85. The van der Waals surface area contributed by atoms with Gasteiger partial charge in [0, 0.05) is 12.4 Å². The largest absolute Gasteiger partial charge is 0.457 e. The summed E-state index contributed by atoms with van der Waals surface area (Å²) in [6.07, 6.45) is 3.47. The van der Waals surface area contributed by atoms with Crippen molar-refractivity contribution in [1.82, 2.24) is 9.78 Å². The Morgan fingerprint density at radius 3 is 2.35 bits per heavy atom. The second-order valence-corrected chi connectivity index (χ2v) is 4.79. The zero-order valence-corrected chi connectivity index (χ0v) is 11.9. The molecule has 0 saturated heterocycles. The number of benzene rings is 2. The van der Waals surface area contributed by atoms with E-state index in [0.717, 1.165) is 17.8 Å². The van der Waals surface area contributed by atoms with E-state index >= 15 is 0 Å². The fourth-order valence-corrected chi connectivity index (χ4v) is 2.08. The van der Waals surface area contributed by atoms with Crippen LogP contribution in [0.3, 0.4) is 0 Å². The van der Waals surface area contributed by atoms with Crippen LogP contribution in [0.5, 0.6) is 0 Å². The molecule has 1 heterocycles. The molecular formula is C17H12F2N2O2. The van der Waals surface area contributed by atoms with Crippen molar-refractivity contribution in [2.75, 3.05) is 0 Å². The summed E-state index contributed by atoms with van der Waals surface area (Å²) in [6, 6.07) is 12.1. The minimum Gasteiger partial charge on any atom is -0.457 e. The number of aromatic nitrogens is 2. The van der Waals surface area contributed by atoms with Gasteiger partial charge in [-0.3, -0.25) is 0 Å². The maximum absolute atomic E-state index is 13.5. The lowest BCUT2D eigenvalue weighted by Crippen LogP contribution is -2.10. The predicted molar refractivity (Wildman–Crippen MR) is 79.0 cm³/mol. The van der Waals surface area contributed by atoms with Crippen LogP contribution in [0.2, 0.25) is 0 Å². The van der Waals surface area contributed by atoms with E-state index in [1.54, 1.807) is 47.4 Å². The standard InChI is InChI=1S/C17H12F2N2O2/c18-14-3-1-4-15(19)16(14)17(22)23-11-12-5-7-13(8-6-12)21-10-2-9-20-21/h1-10H,11H2. The van der Waals surface area contributed by atoms with Gasteiger partial charge in [0.25, 0.3) is 0 Å². The SMILES string of the molecule is O=C(OCc1ccc(-n2cccn2)cc1)c1c(F)cccc1F. The van der Waals surface area contributed by atoms with Gasteiger partial charge in [-0.05, 0) is 35.9 Å². The number of esters is 1. The van der Waals surface area contributed by atoms with Crippen LogP contribution in [0.15, 0.2) is 60.9 Å². The fraction of sp³-hybridized carbons (Fsp3) is 0.0588. The van der Waals surface area contributed by atoms with Gasteiger partial charge in [0.15, 0.2) is 0 Å². The van der Waals surface area contributed by atoms with E-state index in [2.05, 4.69) is 5.10 Å². The van der Waals surface area contributed by atoms with Gasteiger partial charge in [-0.15, -0.1) is 0 Å². The molecule has 0 aliphatic carbocycles. The van der Waals surface area contributed by atoms with Gasteiger partial charge in [-0.2, -0.15) is 5.10 Å². The molecule has 0 bridgehead atoms. The molecular weight excluding hydrogens is 302 g/mol. The van der Waals surface area contributed by atoms with E-state index in [1.807, 2.05) is 0 Å². The van der Waals surface area contributed by atoms with Crippen LogP contribution < -0.4 is 0 Å². The second-order valence-electron chi connectivity index (χ2n) is 4.79. The summed E-state index contributed by atoms with van der Waals surface area (Å²) in [6.45, 7) is -0.0774. The van der Waals surface area contributed by atoms with Crippen LogP contribution in [0.25, 0.3) is 5.69 Å². The first kappa shape index (κ1) is 14.9. The summed E-state index contributed by atoms with van der Waals surface area (Å²) in [4.78, 5) is 11.8. The van der Waals surface area contributed by atoms with E-state index in [1.165, 1.54) is 6.07 Å². The molecule has 0 amide bonds. The molecule has 3 aromatic rings. The Kier molecular flexibility index (Phi) is 4.14. The third kappa shape index (κ3) is 3.26. The van der Waals surface area contributed by atoms with Crippen molar-refractivity contribution in [1.29, 1.82) is 0 Å². The van der Waals surface area contributed by atoms with Gasteiger partial charge in [0.05, 0.1) is 5.69 Å². The van der Waals surface area contributed by atoms with Crippen LogP contribution in [0, 0.1) is 11.6 Å². The van der Waals surface area contributed by atoms with Gasteiger partial charge >= 0.3 is 5.97 Å². The van der Waals surface area contributed by atoms with E-state index in [0.29, 0.717) is 5.56 Å². The van der Waals surface area contributed by atoms with Crippen molar-refractivity contribution in [3.63, 3.8) is 0 Å². The molecule has 6 heteroatoms. The lowest BCUT2D eigenvalue weighted by atomic mass is 10.2. The van der Waals surface area contributed by atoms with Crippen LogP contribution in [0.1, 0.15) is 15.9 Å². The van der Waals surface area contributed by atoms with Gasteiger partial charge in [-0.1, -0.05) is 18.2 Å². The molecule has 0 spiro atoms. The van der Waals surface area contributed by atoms with Crippen molar-refractivity contribution in [3.8, 4) is 5.69 Å². The number of carbonyl (C=O) groups excluding carboxylic acids is 1. The molecule has 2 aromatic carbocycles. The van der Waals surface area contributed by atoms with Crippen LogP contribution in [-0.4, -0.2) is 15.7 Å². The summed E-state index contributed by atoms with van der Waals surface area (Å²) in [7, 11) is 0. The second kappa shape index (κ2) is 6.39. The van der Waals surface area contributed by atoms with Crippen LogP contribution >= 0.6 is 0 Å². The number of rotatable bonds is 4. The molecule has 0 fully saturated rings. The highest BCUT2D eigenvalue weighted by Gasteiger charge is 2.18. The number of nitrogens with zero attached hydrogens (tertiary/aromatic N) is 2. The maximum atomic E-state index is 13.5. The van der Waals surface area contributed by atoms with Crippen LogP contribution in [0.4, 0.5) is 8.78 Å². The Morgan fingerprint density at radius 1 is 1.04 bits per heavy atom. The summed E-state index contributed by atoms with van der Waals surface area (Å²) >= 11 is 0. The van der Waals surface area contributed by atoms with E-state index in [9.17, 15) is 13.6 Å². The Labute approximate surface area is 130 Å². The van der Waals surface area contributed by atoms with E-state index in [4.69, 9.17) is 4.74 Å². The number of ether oxygens (including phenoxy) is 1. The summed E-state index contributed by atoms with van der Waals surface area (Å²) in [5, 5.41) is 4.10. The minimum absolute atomic E-state index is 0.0774. The van der Waals surface area contributed by atoms with Crippen LogP contribution in [-0.2, 0) is 11.3 Å². The molecule has 3 rings (SSSR count). The molecule has 0 saturated carbocycles. The first-order chi connectivity index (χ1) is 11.1. The Bertz CT molecular complexity index is 795. The zero-order valence-electron chi connectivity index (χ0n) is 11.9. The molecule has 0 aliphatic heterocycles. The molecule has 23 heavy (non-hydrogen) atoms. The third-order valence-electron chi connectivity index (χ3n) is 3.24. The Hall–Kier alpha value is -3.02. The van der Waals surface area contributed by atoms with E-state index in [-0.39, 0.29) is 6.61 Å². The Balaban J connectivity index is 1.67.